The summed E-state index contributed by atoms with van der Waals surface area (Å²) in [4.78, 5) is 23.3. The predicted molar refractivity (Wildman–Crippen MR) is 96.1 cm³/mol. The molecule has 2 aromatic heterocycles. The number of aryl methyl sites for hydroxylation is 1. The van der Waals surface area contributed by atoms with Crippen LogP contribution >= 0.6 is 0 Å². The molecule has 0 spiro atoms. The molecule has 0 bridgehead atoms. The third kappa shape index (κ3) is 4.73. The fourth-order valence-electron chi connectivity index (χ4n) is 2.87. The lowest BCUT2D eigenvalue weighted by molar-refractivity contribution is -0.114. The van der Waals surface area contributed by atoms with Gasteiger partial charge in [-0.15, -0.1) is 0 Å². The third-order valence-corrected chi connectivity index (χ3v) is 4.03. The number of hydrogen-bond acceptors (Lipinski definition) is 6. The fourth-order valence-corrected chi connectivity index (χ4v) is 2.87. The lowest BCUT2D eigenvalue weighted by atomic mass is 10.1. The summed E-state index contributed by atoms with van der Waals surface area (Å²) in [7, 11) is 0. The van der Waals surface area contributed by atoms with E-state index < -0.39 is 11.7 Å². The zero-order valence-corrected chi connectivity index (χ0v) is 15.3. The van der Waals surface area contributed by atoms with Gasteiger partial charge in [0.2, 0.25) is 11.7 Å². The summed E-state index contributed by atoms with van der Waals surface area (Å²) in [5, 5.41) is 5.67. The van der Waals surface area contributed by atoms with Gasteiger partial charge in [-0.05, 0) is 19.8 Å². The van der Waals surface area contributed by atoms with Crippen molar-refractivity contribution < 1.29 is 18.3 Å². The molecule has 1 aliphatic heterocycles. The summed E-state index contributed by atoms with van der Waals surface area (Å²) >= 11 is 0. The molecule has 1 saturated heterocycles. The van der Waals surface area contributed by atoms with Crippen molar-refractivity contribution in [3.8, 4) is 0 Å². The molecule has 2 N–H and O–H groups in total. The molecule has 1 atom stereocenters. The quantitative estimate of drug-likeness (QED) is 0.823. The van der Waals surface area contributed by atoms with E-state index in [0.29, 0.717) is 23.8 Å². The van der Waals surface area contributed by atoms with Gasteiger partial charge in [-0.2, -0.15) is 8.78 Å². The second kappa shape index (κ2) is 7.51. The molecule has 1 amide bonds. The molecule has 1 fully saturated rings. The number of aromatic nitrogens is 3. The van der Waals surface area contributed by atoms with E-state index in [-0.39, 0.29) is 17.8 Å². The largest absolute Gasteiger partial charge is 0.373 e. The number of pyridine rings is 1. The smallest absolute Gasteiger partial charge is 0.303 e. The Morgan fingerprint density at radius 2 is 2.07 bits per heavy atom. The predicted octanol–water partition coefficient (Wildman–Crippen LogP) is 3.85. The molecule has 27 heavy (non-hydrogen) atoms. The monoisotopic (exact) mass is 377 g/mol. The topological polar surface area (TPSA) is 89.0 Å². The molecule has 0 aromatic carbocycles. The number of anilines is 3. The summed E-state index contributed by atoms with van der Waals surface area (Å²) < 4.78 is 33.0. The first-order valence-corrected chi connectivity index (χ1v) is 8.62. The number of nitrogens with zero attached hydrogens (tertiary/aromatic N) is 3. The van der Waals surface area contributed by atoms with Gasteiger partial charge in [-0.25, -0.2) is 15.0 Å². The standard InChI is InChI=1S/C18H21F2N5O2/c1-10-7-16(25-17(22-10)18(3,19)20)24-13-8-15(23-11(2)26)21-9-12(13)14-5-4-6-27-14/h7-9,14H,4-6H2,1-3H3,(H2,21,22,23,24,25,26). The summed E-state index contributed by atoms with van der Waals surface area (Å²) in [6.45, 7) is 4.41. The number of alkyl halides is 2. The molecule has 9 heteroatoms. The minimum Gasteiger partial charge on any atom is -0.373 e. The summed E-state index contributed by atoms with van der Waals surface area (Å²) in [5.74, 6) is -3.39. The fraction of sp³-hybridized carbons (Fsp3) is 0.444. The SMILES string of the molecule is CC(=O)Nc1cc(Nc2cc(C)nc(C(C)(F)F)n2)c(C2CCCO2)cn1. The maximum atomic E-state index is 13.7. The number of halogens is 2. The molecule has 3 rings (SSSR count). The van der Waals surface area contributed by atoms with E-state index in [2.05, 4.69) is 25.6 Å². The van der Waals surface area contributed by atoms with E-state index in [1.807, 2.05) is 0 Å². The van der Waals surface area contributed by atoms with Gasteiger partial charge in [0.25, 0.3) is 0 Å². The molecule has 7 nitrogen and oxygen atoms in total. The highest BCUT2D eigenvalue weighted by Gasteiger charge is 2.29. The Kier molecular flexibility index (Phi) is 5.31. The number of carbonyl (C=O) groups excluding carboxylic acids is 1. The van der Waals surface area contributed by atoms with E-state index >= 15 is 0 Å². The summed E-state index contributed by atoms with van der Waals surface area (Å²) in [6.07, 6.45) is 3.22. The van der Waals surface area contributed by atoms with E-state index in [1.165, 1.54) is 6.92 Å². The van der Waals surface area contributed by atoms with Crippen molar-refractivity contribution in [3.63, 3.8) is 0 Å². The van der Waals surface area contributed by atoms with Gasteiger partial charge in [0.1, 0.15) is 11.6 Å². The Morgan fingerprint density at radius 1 is 1.30 bits per heavy atom. The number of nitrogens with one attached hydrogen (secondary N) is 2. The van der Waals surface area contributed by atoms with Crippen LogP contribution in [-0.2, 0) is 15.5 Å². The molecule has 3 heterocycles. The lowest BCUT2D eigenvalue weighted by Crippen LogP contribution is -2.15. The minimum absolute atomic E-state index is 0.151. The summed E-state index contributed by atoms with van der Waals surface area (Å²) in [6, 6.07) is 3.21. The van der Waals surface area contributed by atoms with E-state index in [1.54, 1.807) is 25.3 Å². The van der Waals surface area contributed by atoms with Crippen LogP contribution in [0.5, 0.6) is 0 Å². The summed E-state index contributed by atoms with van der Waals surface area (Å²) in [5.41, 5.74) is 1.78. The van der Waals surface area contributed by atoms with Crippen LogP contribution in [0.4, 0.5) is 26.1 Å². The number of rotatable bonds is 5. The molecule has 0 saturated carbocycles. The highest BCUT2D eigenvalue weighted by atomic mass is 19.3. The van der Waals surface area contributed by atoms with Gasteiger partial charge in [-0.3, -0.25) is 4.79 Å². The Balaban J connectivity index is 1.98. The molecule has 1 aliphatic rings. The zero-order valence-electron chi connectivity index (χ0n) is 15.3. The number of amides is 1. The van der Waals surface area contributed by atoms with Gasteiger partial charge >= 0.3 is 5.92 Å². The number of hydrogen-bond donors (Lipinski definition) is 2. The molecule has 1 unspecified atom stereocenters. The van der Waals surface area contributed by atoms with Crippen LogP contribution in [0.2, 0.25) is 0 Å². The number of ether oxygens (including phenoxy) is 1. The average molecular weight is 377 g/mol. The number of carbonyl (C=O) groups is 1. The van der Waals surface area contributed by atoms with E-state index in [4.69, 9.17) is 4.74 Å². The molecule has 0 radical (unpaired) electrons. The van der Waals surface area contributed by atoms with Crippen molar-refractivity contribution in [2.45, 2.75) is 45.6 Å². The van der Waals surface area contributed by atoms with Crippen LogP contribution in [0.3, 0.4) is 0 Å². The Morgan fingerprint density at radius 3 is 2.70 bits per heavy atom. The maximum Gasteiger partial charge on any atom is 0.303 e. The maximum absolute atomic E-state index is 13.7. The van der Waals surface area contributed by atoms with Crippen molar-refractivity contribution in [2.24, 2.45) is 0 Å². The van der Waals surface area contributed by atoms with Gasteiger partial charge in [0, 0.05) is 50.0 Å². The van der Waals surface area contributed by atoms with Crippen LogP contribution in [-0.4, -0.2) is 27.5 Å². The Hall–Kier alpha value is -2.68. The van der Waals surface area contributed by atoms with Crippen LogP contribution < -0.4 is 10.6 Å². The highest BCUT2D eigenvalue weighted by molar-refractivity contribution is 5.88. The first kappa shape index (κ1) is 19.1. The first-order chi connectivity index (χ1) is 12.7. The minimum atomic E-state index is -3.15. The van der Waals surface area contributed by atoms with Crippen LogP contribution in [0.15, 0.2) is 18.3 Å². The van der Waals surface area contributed by atoms with Crippen molar-refractivity contribution in [1.82, 2.24) is 15.0 Å². The van der Waals surface area contributed by atoms with Crippen molar-refractivity contribution in [1.29, 1.82) is 0 Å². The normalized spacial score (nSPS) is 17.0. The van der Waals surface area contributed by atoms with Gasteiger partial charge in [0.05, 0.1) is 11.8 Å². The van der Waals surface area contributed by atoms with Crippen LogP contribution in [0.1, 0.15) is 49.9 Å². The molecule has 2 aromatic rings. The Bertz CT molecular complexity index is 848. The van der Waals surface area contributed by atoms with Crippen molar-refractivity contribution >= 4 is 23.2 Å². The molecular weight excluding hydrogens is 356 g/mol. The molecule has 144 valence electrons. The average Bonchev–Trinajstić information content (AvgIpc) is 3.07. The second-order valence-corrected chi connectivity index (χ2v) is 6.57. The molecular formula is C18H21F2N5O2. The first-order valence-electron chi connectivity index (χ1n) is 8.62. The van der Waals surface area contributed by atoms with E-state index in [0.717, 1.165) is 25.3 Å². The van der Waals surface area contributed by atoms with Crippen molar-refractivity contribution in [2.75, 3.05) is 17.2 Å². The van der Waals surface area contributed by atoms with Gasteiger partial charge in [0.15, 0.2) is 0 Å². The second-order valence-electron chi connectivity index (χ2n) is 6.57. The Labute approximate surface area is 155 Å². The van der Waals surface area contributed by atoms with Gasteiger partial charge < -0.3 is 15.4 Å². The van der Waals surface area contributed by atoms with Crippen molar-refractivity contribution in [3.05, 3.63) is 35.4 Å². The lowest BCUT2D eigenvalue weighted by Gasteiger charge is -2.18. The van der Waals surface area contributed by atoms with Crippen LogP contribution in [0.25, 0.3) is 0 Å². The molecule has 0 aliphatic carbocycles. The van der Waals surface area contributed by atoms with Gasteiger partial charge in [-0.1, -0.05) is 0 Å². The zero-order chi connectivity index (χ0) is 19.6. The highest BCUT2D eigenvalue weighted by Crippen LogP contribution is 2.35. The third-order valence-electron chi connectivity index (χ3n) is 4.03. The van der Waals surface area contributed by atoms with Crippen LogP contribution in [0, 0.1) is 6.92 Å². The van der Waals surface area contributed by atoms with E-state index in [9.17, 15) is 13.6 Å².